The van der Waals surface area contributed by atoms with Crippen LogP contribution in [0, 0.1) is 0 Å². The van der Waals surface area contributed by atoms with Crippen molar-refractivity contribution in [1.82, 2.24) is 0 Å². The van der Waals surface area contributed by atoms with Crippen molar-refractivity contribution < 1.29 is 22.7 Å². The van der Waals surface area contributed by atoms with Crippen LogP contribution in [0.2, 0.25) is 0 Å². The van der Waals surface area contributed by atoms with Crippen molar-refractivity contribution in [3.63, 3.8) is 0 Å². The summed E-state index contributed by atoms with van der Waals surface area (Å²) in [6.45, 7) is 3.60. The van der Waals surface area contributed by atoms with Crippen LogP contribution in [0.5, 0.6) is 0 Å². The number of carbonyl (C=O) groups excluding carboxylic acids is 2. The van der Waals surface area contributed by atoms with Gasteiger partial charge in [0, 0.05) is 11.9 Å². The van der Waals surface area contributed by atoms with Gasteiger partial charge in [0.25, 0.3) is 0 Å². The predicted molar refractivity (Wildman–Crippen MR) is 53.6 cm³/mol. The van der Waals surface area contributed by atoms with Crippen LogP contribution in [-0.2, 0) is 9.59 Å². The molecule has 0 aromatic rings. The molecular weight excluding hydrogens is 224 g/mol. The van der Waals surface area contributed by atoms with Crippen LogP contribution in [0.15, 0.2) is 0 Å². The Morgan fingerprint density at radius 3 is 1.21 bits per heavy atom. The van der Waals surface area contributed by atoms with Gasteiger partial charge in [0.2, 0.25) is 0 Å². The van der Waals surface area contributed by atoms with Crippen molar-refractivity contribution in [1.29, 1.82) is 0 Å². The number of aliphatic carboxylic acids is 2. The summed E-state index contributed by atoms with van der Waals surface area (Å²) in [5, 5.41) is 19.0. The Hall–Kier alpha value is 0.966. The summed E-state index contributed by atoms with van der Waals surface area (Å²) in [5.74, 6) is -1.92. The Kier molecular flexibility index (Phi) is 33.9. The third-order valence-electron chi connectivity index (χ3n) is 0.908. The summed E-state index contributed by atoms with van der Waals surface area (Å²) < 4.78 is 0. The molecule has 0 atom stereocenters. The number of carboxylic acid groups (broad SMARTS) is 2. The maximum atomic E-state index is 9.49. The zero-order valence-corrected chi connectivity index (χ0v) is 12.5. The van der Waals surface area contributed by atoms with Gasteiger partial charge in [-0.1, -0.05) is 26.7 Å². The molecule has 0 fully saturated rings. The normalized spacial score (nSPS) is 7.00. The van der Waals surface area contributed by atoms with E-state index in [1.54, 1.807) is 13.8 Å². The molecule has 76 valence electrons. The van der Waals surface area contributed by atoms with Gasteiger partial charge in [0.1, 0.15) is 0 Å². The minimum absolute atomic E-state index is 0. The van der Waals surface area contributed by atoms with Gasteiger partial charge >= 0.3 is 60.8 Å². The Morgan fingerprint density at radius 1 is 1.00 bits per heavy atom. The van der Waals surface area contributed by atoms with Crippen molar-refractivity contribution >= 4 is 72.7 Å². The van der Waals surface area contributed by atoms with Gasteiger partial charge < -0.3 is 22.7 Å². The second kappa shape index (κ2) is 19.5. The summed E-state index contributed by atoms with van der Waals surface area (Å²) in [6.07, 6.45) is 1.70. The smallest absolute Gasteiger partial charge is 1.00 e. The van der Waals surface area contributed by atoms with Crippen LogP contribution >= 0.6 is 0 Å². The van der Waals surface area contributed by atoms with E-state index >= 15 is 0 Å². The number of carbonyl (C=O) groups is 2. The van der Waals surface area contributed by atoms with Crippen molar-refractivity contribution in [3.05, 3.63) is 0 Å². The second-order valence-electron chi connectivity index (χ2n) is 2.24. The maximum Gasteiger partial charge on any atom is 2.00 e. The first kappa shape index (κ1) is 24.3. The van der Waals surface area contributed by atoms with Crippen LogP contribution in [0.3, 0.4) is 0 Å². The molecule has 0 spiro atoms. The van der Waals surface area contributed by atoms with Crippen LogP contribution < -0.4 is 10.2 Å². The summed E-state index contributed by atoms with van der Waals surface area (Å²) >= 11 is 0. The summed E-state index contributed by atoms with van der Waals surface area (Å²) in [5.41, 5.74) is 0. The van der Waals surface area contributed by atoms with E-state index in [0.29, 0.717) is 12.8 Å². The first-order chi connectivity index (χ1) is 5.54. The van der Waals surface area contributed by atoms with Crippen molar-refractivity contribution in [2.45, 2.75) is 39.5 Å². The fourth-order valence-corrected chi connectivity index (χ4v) is 0.408. The Balaban J connectivity index is -0.0000000250. The van der Waals surface area contributed by atoms with Gasteiger partial charge in [-0.3, -0.25) is 0 Å². The molecule has 0 aliphatic carbocycles. The quantitative estimate of drug-likeness (QED) is 0.562. The molecular formula is C8H16CaMgO4. The van der Waals surface area contributed by atoms with Gasteiger partial charge in [-0.05, 0) is 12.8 Å². The monoisotopic (exact) mass is 240 g/mol. The molecule has 4 nitrogen and oxygen atoms in total. The molecule has 0 aliphatic heterocycles. The number of rotatable bonds is 4. The predicted octanol–water partition coefficient (Wildman–Crippen LogP) is -1.46. The van der Waals surface area contributed by atoms with Crippen molar-refractivity contribution in [2.75, 3.05) is 0 Å². The first-order valence-electron chi connectivity index (χ1n) is 3.94. The Bertz CT molecular complexity index is 134. The van der Waals surface area contributed by atoms with E-state index in [0.717, 1.165) is 0 Å². The van der Waals surface area contributed by atoms with E-state index in [2.05, 4.69) is 0 Å². The molecule has 0 aliphatic rings. The summed E-state index contributed by atoms with van der Waals surface area (Å²) in [6, 6.07) is 0. The summed E-state index contributed by atoms with van der Waals surface area (Å²) in [4.78, 5) is 19.0. The van der Waals surface area contributed by atoms with Gasteiger partial charge in [-0.2, -0.15) is 0 Å². The standard InChI is InChI=1S/2C4H8O2.Ca.Mg.2H/c2*1-2-3-4(5)6;;;;/h2*2-3H2,1H3,(H,5,6);;;;/q;;2*+2;2*-1/p-2. The number of carboxylic acids is 2. The third-order valence-corrected chi connectivity index (χ3v) is 0.908. The molecule has 0 bridgehead atoms. The minimum atomic E-state index is -0.961. The Labute approximate surface area is 134 Å². The van der Waals surface area contributed by atoms with Crippen molar-refractivity contribution in [3.8, 4) is 0 Å². The number of hydrogen-bond acceptors (Lipinski definition) is 4. The molecule has 0 N–H and O–H groups in total. The molecule has 0 saturated heterocycles. The van der Waals surface area contributed by atoms with Gasteiger partial charge in [-0.15, -0.1) is 0 Å². The average molecular weight is 241 g/mol. The maximum absolute atomic E-state index is 9.49. The van der Waals surface area contributed by atoms with Crippen LogP contribution in [0.4, 0.5) is 0 Å². The summed E-state index contributed by atoms with van der Waals surface area (Å²) in [7, 11) is 0. The fraction of sp³-hybridized carbons (Fsp3) is 0.750. The number of hydrogen-bond donors (Lipinski definition) is 0. The second-order valence-corrected chi connectivity index (χ2v) is 2.24. The Morgan fingerprint density at radius 2 is 1.21 bits per heavy atom. The SMILES string of the molecule is CCCC(=O)[O-].CCCC(=O)[O-].[Ca+2].[H-].[H-].[Mg+2]. The zero-order chi connectivity index (χ0) is 9.98. The molecule has 0 aromatic carbocycles. The van der Waals surface area contributed by atoms with Gasteiger partial charge in [0.05, 0.1) is 0 Å². The third kappa shape index (κ3) is 38.3. The van der Waals surface area contributed by atoms with E-state index in [4.69, 9.17) is 0 Å². The molecule has 14 heavy (non-hydrogen) atoms. The zero-order valence-electron chi connectivity index (χ0n) is 10.9. The average Bonchev–Trinajstić information content (AvgIpc) is 1.87. The fourth-order valence-electron chi connectivity index (χ4n) is 0.408. The van der Waals surface area contributed by atoms with Crippen LogP contribution in [-0.4, -0.2) is 72.7 Å². The van der Waals surface area contributed by atoms with E-state index in [1.807, 2.05) is 0 Å². The molecule has 0 saturated carbocycles. The first-order valence-corrected chi connectivity index (χ1v) is 3.94. The molecule has 0 heterocycles. The molecule has 0 amide bonds. The van der Waals surface area contributed by atoms with Gasteiger partial charge in [-0.25, -0.2) is 0 Å². The van der Waals surface area contributed by atoms with E-state index in [9.17, 15) is 19.8 Å². The van der Waals surface area contributed by atoms with E-state index in [-0.39, 0.29) is 76.5 Å². The molecule has 0 aromatic heterocycles. The minimum Gasteiger partial charge on any atom is -1.00 e. The van der Waals surface area contributed by atoms with Crippen LogP contribution in [0.1, 0.15) is 42.4 Å². The largest absolute Gasteiger partial charge is 2.00 e. The van der Waals surface area contributed by atoms with Gasteiger partial charge in [0.15, 0.2) is 0 Å². The van der Waals surface area contributed by atoms with E-state index < -0.39 is 11.9 Å². The van der Waals surface area contributed by atoms with E-state index in [1.165, 1.54) is 0 Å². The molecule has 0 radical (unpaired) electrons. The topological polar surface area (TPSA) is 80.3 Å². The molecule has 0 rings (SSSR count). The molecule has 6 heteroatoms. The van der Waals surface area contributed by atoms with Crippen LogP contribution in [0.25, 0.3) is 0 Å². The van der Waals surface area contributed by atoms with Crippen molar-refractivity contribution in [2.24, 2.45) is 0 Å². The molecule has 0 unspecified atom stereocenters.